The van der Waals surface area contributed by atoms with Crippen molar-refractivity contribution in [3.63, 3.8) is 0 Å². The summed E-state index contributed by atoms with van der Waals surface area (Å²) in [7, 11) is 1.64. The third-order valence-electron chi connectivity index (χ3n) is 6.83. The number of aromatic nitrogens is 1. The number of ether oxygens (including phenoxy) is 1. The van der Waals surface area contributed by atoms with Crippen molar-refractivity contribution in [3.8, 4) is 16.9 Å². The number of hydrogen-bond acceptors (Lipinski definition) is 4. The summed E-state index contributed by atoms with van der Waals surface area (Å²) in [4.78, 5) is 34.7. The molecule has 6 nitrogen and oxygen atoms in total. The van der Waals surface area contributed by atoms with Gasteiger partial charge in [0.15, 0.2) is 0 Å². The lowest BCUT2D eigenvalue weighted by Crippen LogP contribution is -2.38. The molecule has 33 heavy (non-hydrogen) atoms. The summed E-state index contributed by atoms with van der Waals surface area (Å²) in [5, 5.41) is 0. The summed E-state index contributed by atoms with van der Waals surface area (Å²) < 4.78 is 5.33. The first kappa shape index (κ1) is 21.2. The second-order valence-corrected chi connectivity index (χ2v) is 8.87. The largest absolute Gasteiger partial charge is 0.497 e. The van der Waals surface area contributed by atoms with Crippen LogP contribution in [0.3, 0.4) is 0 Å². The predicted molar refractivity (Wildman–Crippen MR) is 126 cm³/mol. The van der Waals surface area contributed by atoms with E-state index in [1.165, 1.54) is 0 Å². The number of amides is 2. The number of benzene rings is 2. The maximum absolute atomic E-state index is 13.3. The first-order chi connectivity index (χ1) is 16.1. The van der Waals surface area contributed by atoms with Crippen molar-refractivity contribution >= 4 is 11.8 Å². The topological polar surface area (TPSA) is 62.7 Å². The summed E-state index contributed by atoms with van der Waals surface area (Å²) in [5.74, 6) is 0.905. The number of rotatable bonds is 5. The smallest absolute Gasteiger partial charge is 0.253 e. The molecule has 3 aromatic rings. The van der Waals surface area contributed by atoms with Crippen molar-refractivity contribution in [1.82, 2.24) is 14.8 Å². The van der Waals surface area contributed by atoms with E-state index in [4.69, 9.17) is 4.74 Å². The average Bonchev–Trinajstić information content (AvgIpc) is 3.44. The Labute approximate surface area is 193 Å². The van der Waals surface area contributed by atoms with Gasteiger partial charge in [0.1, 0.15) is 5.75 Å². The first-order valence-electron chi connectivity index (χ1n) is 11.3. The second-order valence-electron chi connectivity index (χ2n) is 8.87. The molecular weight excluding hydrogens is 414 g/mol. The monoisotopic (exact) mass is 441 g/mol. The fourth-order valence-corrected chi connectivity index (χ4v) is 4.97. The van der Waals surface area contributed by atoms with Gasteiger partial charge < -0.3 is 14.5 Å². The normalized spacial score (nSPS) is 20.0. The van der Waals surface area contributed by atoms with Crippen LogP contribution in [0.2, 0.25) is 0 Å². The molecule has 1 aromatic heterocycles. The Morgan fingerprint density at radius 3 is 2.58 bits per heavy atom. The van der Waals surface area contributed by atoms with E-state index in [2.05, 4.69) is 4.98 Å². The highest BCUT2D eigenvalue weighted by atomic mass is 16.5. The fourth-order valence-electron chi connectivity index (χ4n) is 4.97. The minimum absolute atomic E-state index is 0.0207. The number of carbonyl (C=O) groups excluding carboxylic acids is 2. The summed E-state index contributed by atoms with van der Waals surface area (Å²) in [6.45, 7) is 2.32. The van der Waals surface area contributed by atoms with Crippen LogP contribution in [-0.4, -0.2) is 53.3 Å². The van der Waals surface area contributed by atoms with E-state index in [1.54, 1.807) is 13.3 Å². The van der Waals surface area contributed by atoms with Gasteiger partial charge in [0.05, 0.1) is 24.8 Å². The van der Waals surface area contributed by atoms with Gasteiger partial charge in [-0.3, -0.25) is 14.6 Å². The molecule has 2 amide bonds. The number of methoxy groups -OCH3 is 1. The van der Waals surface area contributed by atoms with Crippen LogP contribution in [0.15, 0.2) is 72.9 Å². The highest BCUT2D eigenvalue weighted by Gasteiger charge is 2.51. The number of nitrogens with zero attached hydrogens (tertiary/aromatic N) is 3. The fraction of sp³-hybridized carbons (Fsp3) is 0.296. The maximum Gasteiger partial charge on any atom is 0.253 e. The van der Waals surface area contributed by atoms with Crippen LogP contribution in [0.5, 0.6) is 5.75 Å². The van der Waals surface area contributed by atoms with Gasteiger partial charge in [0.25, 0.3) is 5.91 Å². The zero-order valence-corrected chi connectivity index (χ0v) is 18.7. The van der Waals surface area contributed by atoms with E-state index in [-0.39, 0.29) is 11.8 Å². The summed E-state index contributed by atoms with van der Waals surface area (Å²) in [6.07, 6.45) is 3.25. The highest BCUT2D eigenvalue weighted by Crippen LogP contribution is 2.41. The molecule has 5 rings (SSSR count). The molecule has 0 saturated carbocycles. The number of pyridine rings is 1. The maximum atomic E-state index is 13.3. The summed E-state index contributed by atoms with van der Waals surface area (Å²) in [5.41, 5.74) is 3.03. The van der Waals surface area contributed by atoms with Crippen molar-refractivity contribution in [2.24, 2.45) is 5.41 Å². The number of carbonyl (C=O) groups is 2. The minimum Gasteiger partial charge on any atom is -0.497 e. The summed E-state index contributed by atoms with van der Waals surface area (Å²) >= 11 is 0. The van der Waals surface area contributed by atoms with Gasteiger partial charge in [-0.05, 0) is 60.4 Å². The molecule has 6 heteroatoms. The zero-order chi connectivity index (χ0) is 22.8. The van der Waals surface area contributed by atoms with Crippen LogP contribution in [0.25, 0.3) is 11.1 Å². The van der Waals surface area contributed by atoms with E-state index in [9.17, 15) is 9.59 Å². The molecule has 2 aromatic carbocycles. The van der Waals surface area contributed by atoms with Gasteiger partial charge in [0, 0.05) is 31.4 Å². The molecule has 1 atom stereocenters. The van der Waals surface area contributed by atoms with E-state index in [0.717, 1.165) is 29.0 Å². The van der Waals surface area contributed by atoms with E-state index in [0.29, 0.717) is 38.2 Å². The molecule has 0 aliphatic carbocycles. The first-order valence-corrected chi connectivity index (χ1v) is 11.3. The lowest BCUT2D eigenvalue weighted by Gasteiger charge is -2.23. The molecule has 2 saturated heterocycles. The average molecular weight is 442 g/mol. The molecule has 2 aliphatic rings. The van der Waals surface area contributed by atoms with Gasteiger partial charge in [0.2, 0.25) is 5.91 Å². The number of hydrogen-bond donors (Lipinski definition) is 0. The molecule has 0 N–H and O–H groups in total. The standard InChI is InChI=1S/C27H27N3O3/c1-33-24-10-5-7-21(17-24)20-6-4-8-22(16-20)25(31)30-15-12-27(19-30)11-14-29(26(27)32)18-23-9-2-3-13-28-23/h2-10,13,16-17H,11-12,14-15,18-19H2,1H3. The van der Waals surface area contributed by atoms with Gasteiger partial charge in [-0.15, -0.1) is 0 Å². The van der Waals surface area contributed by atoms with Crippen molar-refractivity contribution in [1.29, 1.82) is 0 Å². The molecule has 168 valence electrons. The molecule has 3 heterocycles. The predicted octanol–water partition coefficient (Wildman–Crippen LogP) is 4.02. The van der Waals surface area contributed by atoms with Crippen LogP contribution in [0.4, 0.5) is 0 Å². The lowest BCUT2D eigenvalue weighted by molar-refractivity contribution is -0.135. The molecule has 0 bridgehead atoms. The molecule has 2 fully saturated rings. The number of likely N-dealkylation sites (tertiary alicyclic amines) is 2. The van der Waals surface area contributed by atoms with E-state index in [1.807, 2.05) is 76.5 Å². The van der Waals surface area contributed by atoms with Gasteiger partial charge in [-0.25, -0.2) is 0 Å². The van der Waals surface area contributed by atoms with Crippen LogP contribution in [0.1, 0.15) is 28.9 Å². The highest BCUT2D eigenvalue weighted by molar-refractivity contribution is 5.97. The van der Waals surface area contributed by atoms with Crippen molar-refractivity contribution < 1.29 is 14.3 Å². The third kappa shape index (κ3) is 4.09. The summed E-state index contributed by atoms with van der Waals surface area (Å²) in [6, 6.07) is 21.2. The Hall–Kier alpha value is -3.67. The van der Waals surface area contributed by atoms with Crippen molar-refractivity contribution in [2.45, 2.75) is 19.4 Å². The van der Waals surface area contributed by atoms with E-state index < -0.39 is 5.41 Å². The van der Waals surface area contributed by atoms with Gasteiger partial charge >= 0.3 is 0 Å². The zero-order valence-electron chi connectivity index (χ0n) is 18.7. The molecule has 0 radical (unpaired) electrons. The van der Waals surface area contributed by atoms with Crippen LogP contribution in [-0.2, 0) is 11.3 Å². The van der Waals surface area contributed by atoms with Crippen molar-refractivity contribution in [2.75, 3.05) is 26.7 Å². The van der Waals surface area contributed by atoms with Gasteiger partial charge in [-0.2, -0.15) is 0 Å². The van der Waals surface area contributed by atoms with Crippen molar-refractivity contribution in [3.05, 3.63) is 84.2 Å². The quantitative estimate of drug-likeness (QED) is 0.600. The molecule has 1 unspecified atom stereocenters. The van der Waals surface area contributed by atoms with Gasteiger partial charge in [-0.1, -0.05) is 30.3 Å². The van der Waals surface area contributed by atoms with Crippen LogP contribution < -0.4 is 4.74 Å². The lowest BCUT2D eigenvalue weighted by atomic mass is 9.85. The molecule has 2 aliphatic heterocycles. The molecule has 1 spiro atoms. The minimum atomic E-state index is -0.463. The Bertz CT molecular complexity index is 1180. The Balaban J connectivity index is 1.30. The third-order valence-corrected chi connectivity index (χ3v) is 6.83. The Kier molecular flexibility index (Phi) is 5.58. The Morgan fingerprint density at radius 2 is 1.79 bits per heavy atom. The Morgan fingerprint density at radius 1 is 1.00 bits per heavy atom. The van der Waals surface area contributed by atoms with E-state index >= 15 is 0 Å². The molecular formula is C27H27N3O3. The SMILES string of the molecule is COc1cccc(-c2cccc(C(=O)N3CCC4(CCN(Cc5ccccn5)C4=O)C3)c2)c1. The van der Waals surface area contributed by atoms with Crippen LogP contribution >= 0.6 is 0 Å². The van der Waals surface area contributed by atoms with Crippen LogP contribution in [0, 0.1) is 5.41 Å². The second kappa shape index (κ2) is 8.70.